The van der Waals surface area contributed by atoms with Crippen molar-refractivity contribution in [1.82, 2.24) is 10.3 Å². The molecule has 0 radical (unpaired) electrons. The Hall–Kier alpha value is -7.79. The lowest BCUT2D eigenvalue weighted by Crippen LogP contribution is -2.33. The van der Waals surface area contributed by atoms with Crippen LogP contribution in [0.1, 0.15) is 118 Å². The summed E-state index contributed by atoms with van der Waals surface area (Å²) in [4.78, 5) is 38.1. The van der Waals surface area contributed by atoms with Crippen molar-refractivity contribution in [3.8, 4) is 23.0 Å². The van der Waals surface area contributed by atoms with Crippen molar-refractivity contribution in [1.29, 1.82) is 0 Å². The van der Waals surface area contributed by atoms with Crippen LogP contribution < -0.4 is 24.3 Å². The third kappa shape index (κ3) is 20.9. The third-order valence-electron chi connectivity index (χ3n) is 17.2. The molecule has 1 aromatic heterocycles. The SMILES string of the molecule is CCc1c2[nH]c(c1CC)CC1N=C(C=Nc3cc(OCCOCCOCCOC)c(OCCOCCOCCOC)cc3N=CC3=NC(=C2)C(CCCNC(=O)OCCCCCCO)=C3C)C(C)=C1CCCOC(c1ccccc1)(c1ccc(OC)cc1)c1ccc(OC)cc1. The predicted molar refractivity (Wildman–Crippen MR) is 378 cm³/mol. The molecular weight excluding hydrogens is 1220 g/mol. The Labute approximate surface area is 567 Å². The summed E-state index contributed by atoms with van der Waals surface area (Å²) in [6, 6.07) is 30.1. The van der Waals surface area contributed by atoms with E-state index in [1.807, 2.05) is 48.7 Å². The van der Waals surface area contributed by atoms with Crippen molar-refractivity contribution in [2.45, 2.75) is 110 Å². The second-order valence-electron chi connectivity index (χ2n) is 23.4. The molecular formula is C76H100N6O14. The number of rotatable bonds is 42. The second kappa shape index (κ2) is 40.1. The molecule has 20 heteroatoms. The van der Waals surface area contributed by atoms with Gasteiger partial charge < -0.3 is 72.2 Å². The molecule has 6 bridgehead atoms. The highest BCUT2D eigenvalue weighted by atomic mass is 16.6. The predicted octanol–water partition coefficient (Wildman–Crippen LogP) is 13.0. The van der Waals surface area contributed by atoms with Crippen LogP contribution in [0.4, 0.5) is 16.2 Å². The number of allylic oxidation sites excluding steroid dienone is 3. The summed E-state index contributed by atoms with van der Waals surface area (Å²) >= 11 is 0. The van der Waals surface area contributed by atoms with Crippen molar-refractivity contribution < 1.29 is 66.7 Å². The average molecular weight is 1320 g/mol. The number of aromatic nitrogens is 1. The molecule has 1 atom stereocenters. The standard InChI is InChI=1S/C76H100N6O14/c1-9-61-62(10-2)66-49-68-64(23-19-35-96-76(56-20-14-13-15-21-56,57-24-28-59(87-7)29-25-57)58-26-30-60(88-8)31-27-58)55(4)72(82-68)53-79-70-51-74(94-47-45-92-43-41-90-39-37-86-6)73(93-46-44-91-42-40-89-38-36-85-5)50-69(70)78-52-71-54(3)63(67(81-71)48-65(61)80-66)22-18-32-77-75(84)95-34-17-12-11-16-33-83/h13-15,20-21,24-31,48,50-53,68,80,83H,9-12,16-19,22-23,32-47,49H2,1-8H3,(H,77,84). The maximum absolute atomic E-state index is 12.8. The molecule has 3 N–H and O–H groups in total. The fraction of sp³-hybridized carbons (Fsp3) is 0.487. The van der Waals surface area contributed by atoms with E-state index in [0.717, 1.165) is 106 Å². The van der Waals surface area contributed by atoms with Gasteiger partial charge in [-0.3, -0.25) is 15.0 Å². The lowest BCUT2D eigenvalue weighted by molar-refractivity contribution is 0.0115. The molecule has 20 nitrogen and oxygen atoms in total. The van der Waals surface area contributed by atoms with E-state index in [9.17, 15) is 4.79 Å². The molecule has 96 heavy (non-hydrogen) atoms. The summed E-state index contributed by atoms with van der Waals surface area (Å²) in [5.74, 6) is 2.40. The number of aliphatic imine (C=N–C) groups is 4. The lowest BCUT2D eigenvalue weighted by atomic mass is 9.80. The Morgan fingerprint density at radius 2 is 1.15 bits per heavy atom. The Morgan fingerprint density at radius 1 is 0.594 bits per heavy atom. The number of amides is 1. The highest BCUT2D eigenvalue weighted by molar-refractivity contribution is 6.40. The zero-order chi connectivity index (χ0) is 67.7. The van der Waals surface area contributed by atoms with Crippen molar-refractivity contribution >= 4 is 47.4 Å². The number of aliphatic hydroxyl groups is 1. The van der Waals surface area contributed by atoms with Crippen LogP contribution in [0.15, 0.2) is 139 Å². The van der Waals surface area contributed by atoms with Gasteiger partial charge in [0.05, 0.1) is 134 Å². The first-order valence-electron chi connectivity index (χ1n) is 33.9. The van der Waals surface area contributed by atoms with Crippen molar-refractivity contribution in [2.24, 2.45) is 20.0 Å². The first-order chi connectivity index (χ1) is 47.1. The summed E-state index contributed by atoms with van der Waals surface area (Å²) < 4.78 is 70.4. The van der Waals surface area contributed by atoms with E-state index in [-0.39, 0.29) is 25.9 Å². The highest BCUT2D eigenvalue weighted by Crippen LogP contribution is 2.44. The van der Waals surface area contributed by atoms with E-state index in [1.54, 1.807) is 34.7 Å². The summed E-state index contributed by atoms with van der Waals surface area (Å²) in [7, 11) is 6.63. The zero-order valence-corrected chi connectivity index (χ0v) is 57.6. The molecule has 0 fully saturated rings. The zero-order valence-electron chi connectivity index (χ0n) is 57.6. The number of carbonyl (C=O) groups excluding carboxylic acids is 1. The molecule has 5 aromatic rings. The van der Waals surface area contributed by atoms with Gasteiger partial charge in [0.1, 0.15) is 30.3 Å². The second-order valence-corrected chi connectivity index (χ2v) is 23.4. The van der Waals surface area contributed by atoms with Gasteiger partial charge in [-0.2, -0.15) is 0 Å². The molecule has 0 saturated heterocycles. The Kier molecular flexibility index (Phi) is 30.9. The average Bonchev–Trinajstić information content (AvgIpc) is 1.01. The molecule has 8 rings (SSSR count). The molecule has 3 aliphatic rings. The van der Waals surface area contributed by atoms with E-state index in [2.05, 4.69) is 92.6 Å². The summed E-state index contributed by atoms with van der Waals surface area (Å²) in [5.41, 5.74) is 14.2. The highest BCUT2D eigenvalue weighted by Gasteiger charge is 2.38. The third-order valence-corrected chi connectivity index (χ3v) is 17.2. The van der Waals surface area contributed by atoms with E-state index in [4.69, 9.17) is 81.9 Å². The normalized spacial score (nSPS) is 14.6. The topological polar surface area (TPSA) is 225 Å². The molecule has 4 heterocycles. The van der Waals surface area contributed by atoms with Gasteiger partial charge in [0.2, 0.25) is 0 Å². The number of nitrogens with zero attached hydrogens (tertiary/aromatic N) is 4. The molecule has 3 aliphatic heterocycles. The first-order valence-corrected chi connectivity index (χ1v) is 33.9. The molecule has 1 amide bonds. The number of benzene rings is 4. The molecule has 1 unspecified atom stereocenters. The van der Waals surface area contributed by atoms with Gasteiger partial charge in [0.25, 0.3) is 0 Å². The summed E-state index contributed by atoms with van der Waals surface area (Å²) in [6.45, 7) is 14.6. The van der Waals surface area contributed by atoms with Gasteiger partial charge in [0, 0.05) is 63.9 Å². The minimum atomic E-state index is -0.983. The number of hydrogen-bond acceptors (Lipinski definition) is 18. The Bertz CT molecular complexity index is 3400. The maximum atomic E-state index is 12.8. The van der Waals surface area contributed by atoms with Crippen LogP contribution in [0.3, 0.4) is 0 Å². The van der Waals surface area contributed by atoms with Gasteiger partial charge in [-0.15, -0.1) is 0 Å². The lowest BCUT2D eigenvalue weighted by Gasteiger charge is -2.36. The first kappa shape index (κ1) is 74.0. The van der Waals surface area contributed by atoms with E-state index < -0.39 is 11.7 Å². The van der Waals surface area contributed by atoms with Gasteiger partial charge in [-0.05, 0) is 152 Å². The molecule has 518 valence electrons. The van der Waals surface area contributed by atoms with E-state index >= 15 is 0 Å². The van der Waals surface area contributed by atoms with Crippen LogP contribution in [0.25, 0.3) is 6.08 Å². The van der Waals surface area contributed by atoms with E-state index in [1.165, 1.54) is 16.7 Å². The van der Waals surface area contributed by atoms with Gasteiger partial charge in [0.15, 0.2) is 11.5 Å². The quantitative estimate of drug-likeness (QED) is 0.0244. The largest absolute Gasteiger partial charge is 0.497 e. The van der Waals surface area contributed by atoms with Crippen LogP contribution in [-0.2, 0) is 62.8 Å². The minimum Gasteiger partial charge on any atom is -0.497 e. The van der Waals surface area contributed by atoms with Gasteiger partial charge in [-0.25, -0.2) is 9.79 Å². The number of H-pyrrole nitrogens is 1. The fourth-order valence-corrected chi connectivity index (χ4v) is 12.1. The molecule has 4 aromatic carbocycles. The molecule has 0 aliphatic carbocycles. The number of methoxy groups -OCH3 is 4. The number of fused-ring (bicyclic) bond motifs is 5. The summed E-state index contributed by atoms with van der Waals surface area (Å²) in [6.07, 6.45) is 13.6. The maximum Gasteiger partial charge on any atom is 0.407 e. The van der Waals surface area contributed by atoms with E-state index in [0.29, 0.717) is 147 Å². The van der Waals surface area contributed by atoms with Crippen molar-refractivity contribution in [3.63, 3.8) is 0 Å². The smallest absolute Gasteiger partial charge is 0.407 e. The van der Waals surface area contributed by atoms with Crippen LogP contribution in [0, 0.1) is 0 Å². The number of aliphatic hydroxyl groups excluding tert-OH is 1. The fourth-order valence-electron chi connectivity index (χ4n) is 12.1. The van der Waals surface area contributed by atoms with Crippen molar-refractivity contribution in [2.75, 3.05) is 134 Å². The number of aromatic amines is 1. The van der Waals surface area contributed by atoms with Crippen LogP contribution in [0.5, 0.6) is 23.0 Å². The number of unbranched alkanes of at least 4 members (excludes halogenated alkanes) is 3. The molecule has 0 spiro atoms. The number of alkyl carbamates (subject to hydrolysis) is 1. The van der Waals surface area contributed by atoms with Crippen LogP contribution >= 0.6 is 0 Å². The van der Waals surface area contributed by atoms with Gasteiger partial charge in [-0.1, -0.05) is 74.9 Å². The van der Waals surface area contributed by atoms with Crippen LogP contribution in [-0.4, -0.2) is 180 Å². The summed E-state index contributed by atoms with van der Waals surface area (Å²) in [5, 5.41) is 12.1. The Balaban J connectivity index is 1.16. The Morgan fingerprint density at radius 3 is 1.71 bits per heavy atom. The van der Waals surface area contributed by atoms with Crippen molar-refractivity contribution in [3.05, 3.63) is 158 Å². The number of hydrogen-bond donors (Lipinski definition) is 3. The number of carbonyl (C=O) groups is 1. The molecule has 0 saturated carbocycles. The monoisotopic (exact) mass is 1320 g/mol. The van der Waals surface area contributed by atoms with Crippen LogP contribution in [0.2, 0.25) is 0 Å². The van der Waals surface area contributed by atoms with Gasteiger partial charge >= 0.3 is 6.09 Å². The number of ether oxygens (including phenoxy) is 12. The number of nitrogens with one attached hydrogen (secondary N) is 2. The minimum absolute atomic E-state index is 0.164.